The standard InChI is InChI=1S/C20H17BrN2O4S/c1-12-5-3-4-6-15(12)22-18(24)11-23-19(25)17(28-20(23)26)10-13-7-8-16(27-2)14(21)9-13/h3-10H,11H2,1-2H3,(H,22,24)/b17-10+. The van der Waals surface area contributed by atoms with Crippen LogP contribution in [0.4, 0.5) is 10.5 Å². The monoisotopic (exact) mass is 460 g/mol. The molecule has 0 spiro atoms. The predicted octanol–water partition coefficient (Wildman–Crippen LogP) is 4.44. The molecule has 0 saturated carbocycles. The zero-order chi connectivity index (χ0) is 20.3. The quantitative estimate of drug-likeness (QED) is 0.667. The first-order valence-electron chi connectivity index (χ1n) is 8.33. The molecule has 1 saturated heterocycles. The van der Waals surface area contributed by atoms with E-state index < -0.39 is 17.1 Å². The summed E-state index contributed by atoms with van der Waals surface area (Å²) in [6, 6.07) is 12.6. The van der Waals surface area contributed by atoms with Crippen LogP contribution in [0.2, 0.25) is 0 Å². The second-order valence-corrected chi connectivity index (χ2v) is 7.87. The van der Waals surface area contributed by atoms with Gasteiger partial charge in [0.15, 0.2) is 0 Å². The minimum atomic E-state index is -0.484. The number of carbonyl (C=O) groups excluding carboxylic acids is 3. The molecular formula is C20H17BrN2O4S. The number of nitrogens with one attached hydrogen (secondary N) is 1. The molecule has 28 heavy (non-hydrogen) atoms. The summed E-state index contributed by atoms with van der Waals surface area (Å²) in [4.78, 5) is 38.3. The molecule has 144 valence electrons. The van der Waals surface area contributed by atoms with Gasteiger partial charge in [0.1, 0.15) is 12.3 Å². The van der Waals surface area contributed by atoms with E-state index >= 15 is 0 Å². The lowest BCUT2D eigenvalue weighted by Gasteiger charge is -2.13. The Morgan fingerprint density at radius 3 is 2.68 bits per heavy atom. The van der Waals surface area contributed by atoms with Crippen molar-refractivity contribution < 1.29 is 19.1 Å². The first-order chi connectivity index (χ1) is 13.4. The maximum Gasteiger partial charge on any atom is 0.294 e. The summed E-state index contributed by atoms with van der Waals surface area (Å²) in [6.45, 7) is 1.54. The van der Waals surface area contributed by atoms with E-state index in [1.165, 1.54) is 0 Å². The molecule has 3 amide bonds. The minimum Gasteiger partial charge on any atom is -0.496 e. The Morgan fingerprint density at radius 1 is 1.25 bits per heavy atom. The molecule has 8 heteroatoms. The van der Waals surface area contributed by atoms with E-state index in [1.807, 2.05) is 19.1 Å². The molecule has 1 heterocycles. The van der Waals surface area contributed by atoms with E-state index in [0.29, 0.717) is 11.4 Å². The molecule has 1 aliphatic heterocycles. The number of ether oxygens (including phenoxy) is 1. The highest BCUT2D eigenvalue weighted by Crippen LogP contribution is 2.33. The number of rotatable bonds is 5. The van der Waals surface area contributed by atoms with Gasteiger partial charge in [-0.2, -0.15) is 0 Å². The molecule has 2 aromatic rings. The van der Waals surface area contributed by atoms with Gasteiger partial charge in [-0.3, -0.25) is 19.3 Å². The summed E-state index contributed by atoms with van der Waals surface area (Å²) in [6.07, 6.45) is 1.62. The summed E-state index contributed by atoms with van der Waals surface area (Å²) in [5.41, 5.74) is 2.29. The Bertz CT molecular complexity index is 990. The average Bonchev–Trinajstić information content (AvgIpc) is 2.91. The van der Waals surface area contributed by atoms with Crippen molar-refractivity contribution in [2.75, 3.05) is 19.0 Å². The Labute approximate surface area is 175 Å². The second-order valence-electron chi connectivity index (χ2n) is 6.02. The number of hydrogen-bond donors (Lipinski definition) is 1. The number of hydrogen-bond acceptors (Lipinski definition) is 5. The lowest BCUT2D eigenvalue weighted by atomic mass is 10.2. The van der Waals surface area contributed by atoms with Gasteiger partial charge in [-0.25, -0.2) is 0 Å². The Kier molecular flexibility index (Phi) is 6.21. The molecule has 1 fully saturated rings. The van der Waals surface area contributed by atoms with Crippen LogP contribution >= 0.6 is 27.7 Å². The van der Waals surface area contributed by atoms with E-state index in [1.54, 1.807) is 43.5 Å². The van der Waals surface area contributed by atoms with Crippen molar-refractivity contribution in [1.29, 1.82) is 0 Å². The van der Waals surface area contributed by atoms with E-state index in [-0.39, 0.29) is 11.4 Å². The number of methoxy groups -OCH3 is 1. The molecular weight excluding hydrogens is 444 g/mol. The van der Waals surface area contributed by atoms with E-state index in [9.17, 15) is 14.4 Å². The minimum absolute atomic E-state index is 0.269. The highest BCUT2D eigenvalue weighted by atomic mass is 79.9. The van der Waals surface area contributed by atoms with Crippen LogP contribution in [0, 0.1) is 6.92 Å². The molecule has 0 radical (unpaired) electrons. The molecule has 0 bridgehead atoms. The van der Waals surface area contributed by atoms with Crippen LogP contribution in [0.25, 0.3) is 6.08 Å². The maximum atomic E-state index is 12.6. The smallest absolute Gasteiger partial charge is 0.294 e. The van der Waals surface area contributed by atoms with Crippen LogP contribution in [0.5, 0.6) is 5.75 Å². The molecule has 0 aromatic heterocycles. The topological polar surface area (TPSA) is 75.7 Å². The van der Waals surface area contributed by atoms with Crippen molar-refractivity contribution in [2.45, 2.75) is 6.92 Å². The van der Waals surface area contributed by atoms with Gasteiger partial charge in [0.05, 0.1) is 16.5 Å². The zero-order valence-electron chi connectivity index (χ0n) is 15.2. The Balaban J connectivity index is 1.72. The molecule has 6 nitrogen and oxygen atoms in total. The number of aryl methyl sites for hydroxylation is 1. The number of imide groups is 1. The predicted molar refractivity (Wildman–Crippen MR) is 113 cm³/mol. The van der Waals surface area contributed by atoms with Crippen LogP contribution < -0.4 is 10.1 Å². The molecule has 1 aliphatic rings. The van der Waals surface area contributed by atoms with Gasteiger partial charge in [-0.15, -0.1) is 0 Å². The van der Waals surface area contributed by atoms with Gasteiger partial charge in [-0.05, 0) is 70.0 Å². The van der Waals surface area contributed by atoms with Crippen molar-refractivity contribution in [2.24, 2.45) is 0 Å². The fraction of sp³-hybridized carbons (Fsp3) is 0.150. The van der Waals surface area contributed by atoms with Crippen molar-refractivity contribution in [3.05, 3.63) is 63.0 Å². The molecule has 0 atom stereocenters. The average molecular weight is 461 g/mol. The van der Waals surface area contributed by atoms with Crippen LogP contribution in [0.15, 0.2) is 51.8 Å². The largest absolute Gasteiger partial charge is 0.496 e. The number of para-hydroxylation sites is 1. The zero-order valence-corrected chi connectivity index (χ0v) is 17.6. The van der Waals surface area contributed by atoms with Crippen molar-refractivity contribution in [3.63, 3.8) is 0 Å². The first kappa shape index (κ1) is 20.2. The van der Waals surface area contributed by atoms with Gasteiger partial charge < -0.3 is 10.1 Å². The second kappa shape index (κ2) is 8.62. The van der Waals surface area contributed by atoms with Gasteiger partial charge >= 0.3 is 0 Å². The first-order valence-corrected chi connectivity index (χ1v) is 9.94. The van der Waals surface area contributed by atoms with E-state index in [2.05, 4.69) is 21.2 Å². The van der Waals surface area contributed by atoms with Gasteiger partial charge in [0.25, 0.3) is 11.1 Å². The van der Waals surface area contributed by atoms with Crippen LogP contribution in [-0.4, -0.2) is 35.6 Å². The van der Waals surface area contributed by atoms with Gasteiger partial charge in [0, 0.05) is 5.69 Å². The Hall–Kier alpha value is -2.58. The number of thioether (sulfide) groups is 1. The van der Waals surface area contributed by atoms with Crippen LogP contribution in [-0.2, 0) is 9.59 Å². The number of halogens is 1. The van der Waals surface area contributed by atoms with Crippen LogP contribution in [0.3, 0.4) is 0 Å². The third-order valence-corrected chi connectivity index (χ3v) is 5.60. The van der Waals surface area contributed by atoms with Crippen molar-refractivity contribution in [1.82, 2.24) is 4.90 Å². The van der Waals surface area contributed by atoms with Crippen LogP contribution in [0.1, 0.15) is 11.1 Å². The summed E-state index contributed by atoms with van der Waals surface area (Å²) in [5, 5.41) is 2.26. The van der Waals surface area contributed by atoms with Crippen molar-refractivity contribution >= 4 is 56.5 Å². The Morgan fingerprint density at radius 2 is 2.00 bits per heavy atom. The summed E-state index contributed by atoms with van der Waals surface area (Å²) >= 11 is 4.21. The lowest BCUT2D eigenvalue weighted by molar-refractivity contribution is -0.127. The summed E-state index contributed by atoms with van der Waals surface area (Å²) in [5.74, 6) is -0.245. The third-order valence-electron chi connectivity index (χ3n) is 4.07. The number of amides is 3. The summed E-state index contributed by atoms with van der Waals surface area (Å²) < 4.78 is 5.92. The normalized spacial score (nSPS) is 15.2. The highest BCUT2D eigenvalue weighted by molar-refractivity contribution is 9.10. The molecule has 1 N–H and O–H groups in total. The van der Waals surface area contributed by atoms with Crippen molar-refractivity contribution in [3.8, 4) is 5.75 Å². The van der Waals surface area contributed by atoms with E-state index in [0.717, 1.165) is 32.3 Å². The molecule has 0 unspecified atom stereocenters. The van der Waals surface area contributed by atoms with Gasteiger partial charge in [-0.1, -0.05) is 24.3 Å². The summed E-state index contributed by atoms with van der Waals surface area (Å²) in [7, 11) is 1.56. The highest BCUT2D eigenvalue weighted by Gasteiger charge is 2.36. The SMILES string of the molecule is COc1ccc(/C=C2/SC(=O)N(CC(=O)Nc3ccccc3C)C2=O)cc1Br. The number of carbonyl (C=O) groups is 3. The number of nitrogens with zero attached hydrogens (tertiary/aromatic N) is 1. The molecule has 3 rings (SSSR count). The fourth-order valence-corrected chi connectivity index (χ4v) is 4.00. The van der Waals surface area contributed by atoms with E-state index in [4.69, 9.17) is 4.74 Å². The van der Waals surface area contributed by atoms with Gasteiger partial charge in [0.2, 0.25) is 5.91 Å². The number of benzene rings is 2. The maximum absolute atomic E-state index is 12.6. The molecule has 2 aromatic carbocycles. The lowest BCUT2D eigenvalue weighted by Crippen LogP contribution is -2.36. The third kappa shape index (κ3) is 4.45. The fourth-order valence-electron chi connectivity index (χ4n) is 2.61. The molecule has 0 aliphatic carbocycles. The number of anilines is 1.